The van der Waals surface area contributed by atoms with E-state index in [2.05, 4.69) is 21.1 Å². The molecule has 1 N–H and O–H groups in total. The molecule has 0 aromatic carbocycles. The van der Waals surface area contributed by atoms with Crippen molar-refractivity contribution in [2.75, 3.05) is 24.5 Å². The van der Waals surface area contributed by atoms with E-state index in [0.29, 0.717) is 16.8 Å². The summed E-state index contributed by atoms with van der Waals surface area (Å²) in [5, 5.41) is 3.87. The number of hydrogen-bond donors (Lipinski definition) is 1. The number of aromatic nitrogens is 1. The summed E-state index contributed by atoms with van der Waals surface area (Å²) < 4.78 is 0. The average molecular weight is 248 g/mol. The van der Waals surface area contributed by atoms with Crippen LogP contribution in [-0.2, 0) is 0 Å². The Morgan fingerprint density at radius 3 is 3.18 bits per heavy atom. The minimum Gasteiger partial charge on any atom is -0.366 e. The molecule has 2 atom stereocenters. The monoisotopic (exact) mass is 247 g/mol. The first kappa shape index (κ1) is 10.9. The van der Waals surface area contributed by atoms with Crippen molar-refractivity contribution in [1.82, 2.24) is 10.3 Å². The molecule has 0 spiro atoms. The van der Waals surface area contributed by atoms with E-state index in [1.165, 1.54) is 6.42 Å². The molecule has 4 heteroatoms. The van der Waals surface area contributed by atoms with Crippen molar-refractivity contribution >= 4 is 17.3 Å². The number of piperidine rings is 1. The standard InChI is InChI=1S/C13H14ClN3/c1-2-10-4-12(7-16-13(10)14)17-8-9-3-11(17)6-15-5-9/h1,4,7,9,11,15H,3,5-6,8H2/t9-,11-/m0/s1. The van der Waals surface area contributed by atoms with Gasteiger partial charge in [-0.05, 0) is 24.9 Å². The summed E-state index contributed by atoms with van der Waals surface area (Å²) >= 11 is 5.93. The Labute approximate surface area is 106 Å². The Balaban J connectivity index is 1.92. The van der Waals surface area contributed by atoms with Gasteiger partial charge in [0.15, 0.2) is 0 Å². The van der Waals surface area contributed by atoms with E-state index in [-0.39, 0.29) is 0 Å². The van der Waals surface area contributed by atoms with Gasteiger partial charge in [0.05, 0.1) is 17.4 Å². The Kier molecular flexibility index (Phi) is 2.70. The van der Waals surface area contributed by atoms with Gasteiger partial charge >= 0.3 is 0 Å². The molecular formula is C13H14ClN3. The lowest BCUT2D eigenvalue weighted by atomic mass is 10.0. The van der Waals surface area contributed by atoms with Crippen LogP contribution in [0, 0.1) is 18.3 Å². The third-order valence-corrected chi connectivity index (χ3v) is 3.93. The molecule has 1 aromatic heterocycles. The van der Waals surface area contributed by atoms with Crippen molar-refractivity contribution < 1.29 is 0 Å². The summed E-state index contributed by atoms with van der Waals surface area (Å²) in [4.78, 5) is 6.57. The topological polar surface area (TPSA) is 28.2 Å². The van der Waals surface area contributed by atoms with Crippen LogP contribution in [-0.4, -0.2) is 30.7 Å². The second-order valence-electron chi connectivity index (χ2n) is 4.74. The van der Waals surface area contributed by atoms with Gasteiger partial charge in [0, 0.05) is 19.1 Å². The van der Waals surface area contributed by atoms with Gasteiger partial charge in [-0.3, -0.25) is 0 Å². The number of pyridine rings is 1. The number of anilines is 1. The lowest BCUT2D eigenvalue weighted by Gasteiger charge is -2.26. The Bertz CT molecular complexity index is 480. The SMILES string of the molecule is C#Cc1cc(N2C[C@@H]3CNC[C@@H]2C3)cnc1Cl. The smallest absolute Gasteiger partial charge is 0.144 e. The van der Waals surface area contributed by atoms with E-state index in [4.69, 9.17) is 18.0 Å². The van der Waals surface area contributed by atoms with Crippen molar-refractivity contribution in [3.8, 4) is 12.3 Å². The van der Waals surface area contributed by atoms with Gasteiger partial charge < -0.3 is 10.2 Å². The van der Waals surface area contributed by atoms with Crippen LogP contribution in [0.25, 0.3) is 0 Å². The zero-order valence-corrected chi connectivity index (χ0v) is 10.2. The maximum absolute atomic E-state index is 5.93. The predicted molar refractivity (Wildman–Crippen MR) is 69.3 cm³/mol. The minimum atomic E-state index is 0.413. The highest BCUT2D eigenvalue weighted by Crippen LogP contribution is 2.31. The van der Waals surface area contributed by atoms with Crippen LogP contribution in [0.4, 0.5) is 5.69 Å². The number of hydrogen-bond acceptors (Lipinski definition) is 3. The molecule has 88 valence electrons. The summed E-state index contributed by atoms with van der Waals surface area (Å²) in [5.74, 6) is 3.33. The number of nitrogens with one attached hydrogen (secondary N) is 1. The van der Waals surface area contributed by atoms with E-state index in [9.17, 15) is 0 Å². The zero-order chi connectivity index (χ0) is 11.8. The largest absolute Gasteiger partial charge is 0.366 e. The summed E-state index contributed by atoms with van der Waals surface area (Å²) in [7, 11) is 0. The normalized spacial score (nSPS) is 26.9. The first-order valence-corrected chi connectivity index (χ1v) is 6.25. The lowest BCUT2D eigenvalue weighted by Crippen LogP contribution is -2.39. The van der Waals surface area contributed by atoms with Gasteiger partial charge in [-0.25, -0.2) is 4.98 Å². The minimum absolute atomic E-state index is 0.413. The molecule has 2 aliphatic heterocycles. The van der Waals surface area contributed by atoms with Gasteiger partial charge in [0.2, 0.25) is 0 Å². The zero-order valence-electron chi connectivity index (χ0n) is 9.49. The van der Waals surface area contributed by atoms with E-state index < -0.39 is 0 Å². The maximum atomic E-state index is 5.93. The molecule has 3 heterocycles. The third kappa shape index (κ3) is 1.88. The van der Waals surface area contributed by atoms with Crippen molar-refractivity contribution in [2.24, 2.45) is 5.92 Å². The molecule has 3 nitrogen and oxygen atoms in total. The number of fused-ring (bicyclic) bond motifs is 2. The second-order valence-corrected chi connectivity index (χ2v) is 5.10. The first-order valence-electron chi connectivity index (χ1n) is 5.87. The molecule has 17 heavy (non-hydrogen) atoms. The van der Waals surface area contributed by atoms with Crippen LogP contribution >= 0.6 is 11.6 Å². The molecule has 2 bridgehead atoms. The fourth-order valence-electron chi connectivity index (χ4n) is 2.82. The summed E-state index contributed by atoms with van der Waals surface area (Å²) in [6.45, 7) is 3.26. The van der Waals surface area contributed by atoms with Crippen LogP contribution in [0.2, 0.25) is 5.15 Å². The fourth-order valence-corrected chi connectivity index (χ4v) is 2.98. The molecular weight excluding hydrogens is 234 g/mol. The van der Waals surface area contributed by atoms with Crippen molar-refractivity contribution in [2.45, 2.75) is 12.5 Å². The quantitative estimate of drug-likeness (QED) is 0.603. The fraction of sp³-hybridized carbons (Fsp3) is 0.462. The molecule has 0 aliphatic carbocycles. The van der Waals surface area contributed by atoms with Gasteiger partial charge in [-0.1, -0.05) is 17.5 Å². The van der Waals surface area contributed by atoms with Crippen LogP contribution < -0.4 is 10.2 Å². The van der Waals surface area contributed by atoms with Crippen molar-refractivity contribution in [3.05, 3.63) is 23.0 Å². The highest BCUT2D eigenvalue weighted by atomic mass is 35.5. The predicted octanol–water partition coefficient (Wildman–Crippen LogP) is 1.51. The molecule has 0 unspecified atom stereocenters. The summed E-state index contributed by atoms with van der Waals surface area (Å²) in [5.41, 5.74) is 1.78. The lowest BCUT2D eigenvalue weighted by molar-refractivity contribution is 0.434. The Hall–Kier alpha value is -1.24. The van der Waals surface area contributed by atoms with E-state index >= 15 is 0 Å². The Morgan fingerprint density at radius 1 is 1.53 bits per heavy atom. The maximum Gasteiger partial charge on any atom is 0.144 e. The molecule has 0 radical (unpaired) electrons. The van der Waals surface area contributed by atoms with E-state index in [0.717, 1.165) is 31.2 Å². The molecule has 2 aliphatic rings. The molecule has 2 fully saturated rings. The van der Waals surface area contributed by atoms with Crippen LogP contribution in [0.1, 0.15) is 12.0 Å². The van der Waals surface area contributed by atoms with E-state index in [1.807, 2.05) is 12.3 Å². The number of halogens is 1. The van der Waals surface area contributed by atoms with Gasteiger partial charge in [-0.2, -0.15) is 0 Å². The molecule has 0 saturated carbocycles. The van der Waals surface area contributed by atoms with E-state index in [1.54, 1.807) is 0 Å². The van der Waals surface area contributed by atoms with Crippen LogP contribution in [0.3, 0.4) is 0 Å². The van der Waals surface area contributed by atoms with Crippen LogP contribution in [0.15, 0.2) is 12.3 Å². The van der Waals surface area contributed by atoms with Crippen molar-refractivity contribution in [1.29, 1.82) is 0 Å². The van der Waals surface area contributed by atoms with Crippen LogP contribution in [0.5, 0.6) is 0 Å². The average Bonchev–Trinajstić information content (AvgIpc) is 2.65. The molecule has 0 amide bonds. The number of terminal acetylenes is 1. The highest BCUT2D eigenvalue weighted by molar-refractivity contribution is 6.30. The van der Waals surface area contributed by atoms with Gasteiger partial charge in [0.1, 0.15) is 5.15 Å². The molecule has 3 rings (SSSR count). The third-order valence-electron chi connectivity index (χ3n) is 3.63. The van der Waals surface area contributed by atoms with Gasteiger partial charge in [-0.15, -0.1) is 6.42 Å². The molecule has 1 aromatic rings. The molecule has 2 saturated heterocycles. The number of rotatable bonds is 1. The van der Waals surface area contributed by atoms with Gasteiger partial charge in [0.25, 0.3) is 0 Å². The van der Waals surface area contributed by atoms with Crippen molar-refractivity contribution in [3.63, 3.8) is 0 Å². The highest BCUT2D eigenvalue weighted by Gasteiger charge is 2.35. The first-order chi connectivity index (χ1) is 8.28. The summed E-state index contributed by atoms with van der Waals surface area (Å²) in [6.07, 6.45) is 8.51. The second kappa shape index (κ2) is 4.21. The number of nitrogens with zero attached hydrogens (tertiary/aromatic N) is 2. The Morgan fingerprint density at radius 2 is 2.41 bits per heavy atom. The summed E-state index contributed by atoms with van der Waals surface area (Å²) in [6, 6.07) is 2.54.